The molecule has 8 heteroatoms. The highest BCUT2D eigenvalue weighted by atomic mass is 32.2. The lowest BCUT2D eigenvalue weighted by Gasteiger charge is -2.11. The molecule has 0 fully saturated rings. The summed E-state index contributed by atoms with van der Waals surface area (Å²) in [6.45, 7) is 5.08. The summed E-state index contributed by atoms with van der Waals surface area (Å²) < 4.78 is 3.67. The molecule has 0 saturated heterocycles. The molecule has 0 atom stereocenters. The highest BCUT2D eigenvalue weighted by Crippen LogP contribution is 2.26. The van der Waals surface area contributed by atoms with E-state index >= 15 is 0 Å². The maximum absolute atomic E-state index is 12.2. The van der Waals surface area contributed by atoms with Gasteiger partial charge in [-0.15, -0.1) is 11.8 Å². The Morgan fingerprint density at radius 1 is 1.33 bits per heavy atom. The summed E-state index contributed by atoms with van der Waals surface area (Å²) in [7, 11) is 1.60. The first-order valence-corrected chi connectivity index (χ1v) is 10.1. The highest BCUT2D eigenvalue weighted by Gasteiger charge is 2.13. The number of unbranched alkanes of at least 4 members (excludes halogenated alkanes) is 1. The monoisotopic (exact) mass is 365 g/mol. The molecule has 0 N–H and O–H groups in total. The third kappa shape index (κ3) is 4.51. The van der Waals surface area contributed by atoms with E-state index in [1.807, 2.05) is 31.4 Å². The second kappa shape index (κ2) is 9.08. The molecule has 2 aromatic rings. The molecule has 0 radical (unpaired) electrons. The summed E-state index contributed by atoms with van der Waals surface area (Å²) >= 11 is 3.37. The van der Waals surface area contributed by atoms with Crippen LogP contribution >= 0.6 is 23.5 Å². The van der Waals surface area contributed by atoms with E-state index in [2.05, 4.69) is 22.3 Å². The van der Waals surface area contributed by atoms with Crippen LogP contribution in [-0.4, -0.2) is 37.0 Å². The van der Waals surface area contributed by atoms with Crippen LogP contribution in [0.3, 0.4) is 0 Å². The second-order valence-corrected chi connectivity index (χ2v) is 7.38. The number of nitrogens with zero attached hydrogens (tertiary/aromatic N) is 5. The highest BCUT2D eigenvalue weighted by molar-refractivity contribution is 8.38. The van der Waals surface area contributed by atoms with Crippen molar-refractivity contribution in [1.29, 1.82) is 0 Å². The van der Waals surface area contributed by atoms with Gasteiger partial charge in [0.2, 0.25) is 0 Å². The van der Waals surface area contributed by atoms with Gasteiger partial charge < -0.3 is 0 Å². The van der Waals surface area contributed by atoms with E-state index in [1.54, 1.807) is 30.6 Å². The minimum Gasteiger partial charge on any atom is -0.272 e. The molecule has 6 nitrogen and oxygen atoms in total. The standard InChI is InChI=1S/C16H23N5OS2/c1-5-6-10-17-15(23-4)24-11-13-12(2)8-7-9-14(13)21-16(22)20(3)18-19-21/h7-9H,5-6,10-11H2,1-4H3. The molecule has 130 valence electrons. The molecule has 0 saturated carbocycles. The van der Waals surface area contributed by atoms with E-state index in [1.165, 1.54) is 9.36 Å². The van der Waals surface area contributed by atoms with Crippen molar-refractivity contribution in [1.82, 2.24) is 19.8 Å². The number of aryl methyl sites for hydroxylation is 2. The molecule has 1 heterocycles. The van der Waals surface area contributed by atoms with Gasteiger partial charge in [-0.3, -0.25) is 4.99 Å². The topological polar surface area (TPSA) is 65.1 Å². The fourth-order valence-corrected chi connectivity index (χ4v) is 3.86. The third-order valence-electron chi connectivity index (χ3n) is 3.60. The van der Waals surface area contributed by atoms with Crippen molar-refractivity contribution in [3.8, 4) is 5.69 Å². The predicted octanol–water partition coefficient (Wildman–Crippen LogP) is 3.03. The Kier molecular flexibility index (Phi) is 7.11. The summed E-state index contributed by atoms with van der Waals surface area (Å²) in [6.07, 6.45) is 4.30. The Bertz CT molecular complexity index is 766. The lowest BCUT2D eigenvalue weighted by Crippen LogP contribution is -2.23. The van der Waals surface area contributed by atoms with E-state index in [9.17, 15) is 4.79 Å². The largest absolute Gasteiger partial charge is 0.368 e. The van der Waals surface area contributed by atoms with Gasteiger partial charge in [-0.2, -0.15) is 9.36 Å². The molecule has 0 aliphatic heterocycles. The first-order chi connectivity index (χ1) is 11.6. The van der Waals surface area contributed by atoms with Crippen LogP contribution < -0.4 is 5.69 Å². The lowest BCUT2D eigenvalue weighted by molar-refractivity contribution is 0.692. The number of aliphatic imine (C=N–C) groups is 1. The Balaban J connectivity index is 2.26. The molecule has 0 unspecified atom stereocenters. The van der Waals surface area contributed by atoms with Crippen molar-refractivity contribution in [2.75, 3.05) is 12.8 Å². The van der Waals surface area contributed by atoms with Crippen LogP contribution in [0.4, 0.5) is 0 Å². The van der Waals surface area contributed by atoms with E-state index in [0.717, 1.165) is 46.3 Å². The zero-order valence-corrected chi connectivity index (χ0v) is 16.2. The van der Waals surface area contributed by atoms with Gasteiger partial charge in [0.25, 0.3) is 0 Å². The van der Waals surface area contributed by atoms with Crippen LogP contribution in [0.2, 0.25) is 0 Å². The van der Waals surface area contributed by atoms with Gasteiger partial charge in [0, 0.05) is 19.3 Å². The molecular weight excluding hydrogens is 342 g/mol. The van der Waals surface area contributed by atoms with Crippen LogP contribution in [-0.2, 0) is 12.8 Å². The summed E-state index contributed by atoms with van der Waals surface area (Å²) in [5, 5.41) is 7.77. The summed E-state index contributed by atoms with van der Waals surface area (Å²) in [5.74, 6) is 0.747. The number of rotatable bonds is 6. The molecule has 2 rings (SSSR count). The average molecular weight is 366 g/mol. The van der Waals surface area contributed by atoms with Gasteiger partial charge in [0.05, 0.1) is 5.69 Å². The quantitative estimate of drug-likeness (QED) is 0.447. The van der Waals surface area contributed by atoms with Crippen LogP contribution in [0.5, 0.6) is 0 Å². The van der Waals surface area contributed by atoms with E-state index in [-0.39, 0.29) is 5.69 Å². The summed E-state index contributed by atoms with van der Waals surface area (Å²) in [4.78, 5) is 16.8. The molecule has 1 aromatic heterocycles. The van der Waals surface area contributed by atoms with Crippen molar-refractivity contribution in [2.45, 2.75) is 32.4 Å². The molecular formula is C16H23N5OS2. The summed E-state index contributed by atoms with van der Waals surface area (Å²) in [5.41, 5.74) is 2.76. The lowest BCUT2D eigenvalue weighted by atomic mass is 10.1. The van der Waals surface area contributed by atoms with Crippen LogP contribution in [0.1, 0.15) is 30.9 Å². The first-order valence-electron chi connectivity index (χ1n) is 7.87. The molecule has 0 bridgehead atoms. The number of aromatic nitrogens is 4. The molecule has 1 aromatic carbocycles. The molecule has 24 heavy (non-hydrogen) atoms. The number of hydrogen-bond donors (Lipinski definition) is 0. The SMILES string of the molecule is CCCCN=C(SC)SCc1c(C)cccc1-n1nnn(C)c1=O. The van der Waals surface area contributed by atoms with Crippen LogP contribution in [0.15, 0.2) is 28.0 Å². The normalized spacial score (nSPS) is 11.9. The zero-order valence-electron chi connectivity index (χ0n) is 14.5. The number of thioether (sulfide) groups is 2. The third-order valence-corrected chi connectivity index (χ3v) is 5.74. The van der Waals surface area contributed by atoms with Crippen molar-refractivity contribution in [3.63, 3.8) is 0 Å². The Hall–Kier alpha value is -1.54. The fraction of sp³-hybridized carbons (Fsp3) is 0.500. The Morgan fingerprint density at radius 3 is 2.75 bits per heavy atom. The average Bonchev–Trinajstić information content (AvgIpc) is 2.91. The van der Waals surface area contributed by atoms with Gasteiger partial charge in [-0.1, -0.05) is 37.2 Å². The predicted molar refractivity (Wildman–Crippen MR) is 103 cm³/mol. The first kappa shape index (κ1) is 18.8. The maximum Gasteiger partial charge on any atom is 0.368 e. The van der Waals surface area contributed by atoms with Crippen molar-refractivity contribution < 1.29 is 0 Å². The maximum atomic E-state index is 12.2. The molecule has 0 spiro atoms. The van der Waals surface area contributed by atoms with Crippen LogP contribution in [0, 0.1) is 6.92 Å². The van der Waals surface area contributed by atoms with Crippen molar-refractivity contribution in [2.24, 2.45) is 12.0 Å². The Labute approximate surface area is 150 Å². The molecule has 0 aliphatic rings. The minimum atomic E-state index is -0.242. The van der Waals surface area contributed by atoms with Gasteiger partial charge in [-0.05, 0) is 47.2 Å². The van der Waals surface area contributed by atoms with Crippen molar-refractivity contribution >= 4 is 27.9 Å². The van der Waals surface area contributed by atoms with Gasteiger partial charge in [0.1, 0.15) is 4.38 Å². The van der Waals surface area contributed by atoms with Crippen molar-refractivity contribution in [3.05, 3.63) is 39.8 Å². The smallest absolute Gasteiger partial charge is 0.272 e. The van der Waals surface area contributed by atoms with Gasteiger partial charge in [0.15, 0.2) is 0 Å². The minimum absolute atomic E-state index is 0.242. The Morgan fingerprint density at radius 2 is 2.12 bits per heavy atom. The summed E-state index contributed by atoms with van der Waals surface area (Å²) in [6, 6.07) is 5.89. The van der Waals surface area contributed by atoms with E-state index in [0.29, 0.717) is 0 Å². The number of benzene rings is 1. The van der Waals surface area contributed by atoms with Gasteiger partial charge >= 0.3 is 5.69 Å². The number of tetrazole rings is 1. The fourth-order valence-electron chi connectivity index (χ4n) is 2.17. The molecule has 0 amide bonds. The van der Waals surface area contributed by atoms with Gasteiger partial charge in [-0.25, -0.2) is 4.79 Å². The second-order valence-electron chi connectivity index (χ2n) is 5.36. The van der Waals surface area contributed by atoms with Crippen LogP contribution in [0.25, 0.3) is 5.69 Å². The van der Waals surface area contributed by atoms with E-state index in [4.69, 9.17) is 0 Å². The van der Waals surface area contributed by atoms with E-state index < -0.39 is 0 Å². The molecule has 0 aliphatic carbocycles. The number of hydrogen-bond acceptors (Lipinski definition) is 6. The zero-order chi connectivity index (χ0) is 17.5.